The predicted octanol–water partition coefficient (Wildman–Crippen LogP) is 3.07. The van der Waals surface area contributed by atoms with Gasteiger partial charge in [0, 0.05) is 13.6 Å². The van der Waals surface area contributed by atoms with Gasteiger partial charge in [-0.05, 0) is 61.0 Å². The van der Waals surface area contributed by atoms with Gasteiger partial charge in [-0.1, -0.05) is 24.3 Å². The van der Waals surface area contributed by atoms with Crippen LogP contribution in [-0.2, 0) is 26.2 Å². The molecule has 0 aromatic heterocycles. The lowest BCUT2D eigenvalue weighted by Crippen LogP contribution is -2.50. The standard InChI is InChI=1S/C28H33N3O7S/c1-20(28(33)29-2)30(18-21-9-8-10-23(17-21)37-4)27(32)19-31(25-11-6-7-12-26(25)38-5)39(34,35)24-15-13-22(36-3)14-16-24/h6-17,20H,18-19H2,1-5H3,(H,29,33). The van der Waals surface area contributed by atoms with E-state index in [1.165, 1.54) is 57.5 Å². The molecule has 2 amide bonds. The minimum absolute atomic E-state index is 0.0410. The molecule has 39 heavy (non-hydrogen) atoms. The molecule has 0 aliphatic heterocycles. The summed E-state index contributed by atoms with van der Waals surface area (Å²) in [6.45, 7) is 1.05. The van der Waals surface area contributed by atoms with Crippen LogP contribution in [0.4, 0.5) is 5.69 Å². The molecule has 208 valence electrons. The average molecular weight is 556 g/mol. The maximum atomic E-state index is 13.9. The quantitative estimate of drug-likeness (QED) is 0.365. The molecule has 0 saturated heterocycles. The number of hydrogen-bond acceptors (Lipinski definition) is 7. The van der Waals surface area contributed by atoms with Crippen molar-refractivity contribution in [2.45, 2.75) is 24.4 Å². The summed E-state index contributed by atoms with van der Waals surface area (Å²) < 4.78 is 44.7. The fourth-order valence-corrected chi connectivity index (χ4v) is 5.41. The second-order valence-electron chi connectivity index (χ2n) is 8.52. The molecule has 0 aliphatic carbocycles. The molecule has 0 saturated carbocycles. The van der Waals surface area contributed by atoms with Gasteiger partial charge >= 0.3 is 0 Å². The SMILES string of the molecule is CNC(=O)C(C)N(Cc1cccc(OC)c1)C(=O)CN(c1ccccc1OC)S(=O)(=O)c1ccc(OC)cc1. The molecule has 3 aromatic rings. The summed E-state index contributed by atoms with van der Waals surface area (Å²) in [6, 6.07) is 18.6. The van der Waals surface area contributed by atoms with Crippen LogP contribution in [0.3, 0.4) is 0 Å². The second kappa shape index (κ2) is 13.0. The van der Waals surface area contributed by atoms with Gasteiger partial charge in [0.15, 0.2) is 0 Å². The lowest BCUT2D eigenvalue weighted by Gasteiger charge is -2.32. The highest BCUT2D eigenvalue weighted by molar-refractivity contribution is 7.92. The third kappa shape index (κ3) is 6.80. The van der Waals surface area contributed by atoms with E-state index in [4.69, 9.17) is 14.2 Å². The molecule has 0 radical (unpaired) electrons. The Hall–Kier alpha value is -4.25. The largest absolute Gasteiger partial charge is 0.497 e. The van der Waals surface area contributed by atoms with Gasteiger partial charge in [-0.25, -0.2) is 8.42 Å². The summed E-state index contributed by atoms with van der Waals surface area (Å²) in [4.78, 5) is 27.8. The summed E-state index contributed by atoms with van der Waals surface area (Å²) in [6.07, 6.45) is 0. The van der Waals surface area contributed by atoms with E-state index in [9.17, 15) is 18.0 Å². The maximum absolute atomic E-state index is 13.9. The number of benzene rings is 3. The number of anilines is 1. The summed E-state index contributed by atoms with van der Waals surface area (Å²) in [7, 11) is 1.66. The molecular weight excluding hydrogens is 522 g/mol. The molecule has 3 rings (SSSR count). The molecule has 0 spiro atoms. The van der Waals surface area contributed by atoms with E-state index in [2.05, 4.69) is 5.32 Å². The maximum Gasteiger partial charge on any atom is 0.264 e. The summed E-state index contributed by atoms with van der Waals surface area (Å²) in [5.74, 6) is 0.356. The van der Waals surface area contributed by atoms with Crippen molar-refractivity contribution in [1.82, 2.24) is 10.2 Å². The molecular formula is C28H33N3O7S. The van der Waals surface area contributed by atoms with Gasteiger partial charge in [0.2, 0.25) is 11.8 Å². The van der Waals surface area contributed by atoms with Crippen molar-refractivity contribution in [2.75, 3.05) is 39.2 Å². The Morgan fingerprint density at radius 1 is 0.872 bits per heavy atom. The topological polar surface area (TPSA) is 114 Å². The third-order valence-corrected chi connectivity index (χ3v) is 7.95. The Morgan fingerprint density at radius 3 is 2.15 bits per heavy atom. The van der Waals surface area contributed by atoms with Crippen LogP contribution in [0, 0.1) is 0 Å². The lowest BCUT2D eigenvalue weighted by atomic mass is 10.1. The third-order valence-electron chi connectivity index (χ3n) is 6.18. The van der Waals surface area contributed by atoms with Crippen LogP contribution in [0.1, 0.15) is 12.5 Å². The van der Waals surface area contributed by atoms with E-state index in [1.807, 2.05) is 0 Å². The van der Waals surface area contributed by atoms with Gasteiger partial charge in [-0.3, -0.25) is 13.9 Å². The van der Waals surface area contributed by atoms with Crippen LogP contribution in [-0.4, -0.2) is 66.1 Å². The van der Waals surface area contributed by atoms with Crippen molar-refractivity contribution in [3.63, 3.8) is 0 Å². The fourth-order valence-electron chi connectivity index (χ4n) is 3.98. The van der Waals surface area contributed by atoms with Gasteiger partial charge in [-0.2, -0.15) is 0 Å². The van der Waals surface area contributed by atoms with Crippen LogP contribution in [0.2, 0.25) is 0 Å². The summed E-state index contributed by atoms with van der Waals surface area (Å²) >= 11 is 0. The minimum atomic E-state index is -4.25. The molecule has 0 fully saturated rings. The number of carbonyl (C=O) groups is 2. The predicted molar refractivity (Wildman–Crippen MR) is 148 cm³/mol. The van der Waals surface area contributed by atoms with Gasteiger partial charge < -0.3 is 24.4 Å². The van der Waals surface area contributed by atoms with E-state index >= 15 is 0 Å². The van der Waals surface area contributed by atoms with E-state index in [1.54, 1.807) is 55.5 Å². The zero-order valence-corrected chi connectivity index (χ0v) is 23.4. The zero-order valence-electron chi connectivity index (χ0n) is 22.6. The Bertz CT molecular complexity index is 1390. The van der Waals surface area contributed by atoms with Gasteiger partial charge in [0.1, 0.15) is 29.8 Å². The van der Waals surface area contributed by atoms with Crippen molar-refractivity contribution >= 4 is 27.5 Å². The molecule has 11 heteroatoms. The number of ether oxygens (including phenoxy) is 3. The van der Waals surface area contributed by atoms with Crippen molar-refractivity contribution in [2.24, 2.45) is 0 Å². The van der Waals surface area contributed by atoms with E-state index in [0.717, 1.165) is 4.31 Å². The molecule has 0 aliphatic rings. The fraction of sp³-hybridized carbons (Fsp3) is 0.286. The van der Waals surface area contributed by atoms with Crippen LogP contribution in [0.25, 0.3) is 0 Å². The highest BCUT2D eigenvalue weighted by atomic mass is 32.2. The first kappa shape index (κ1) is 29.3. The number of carbonyl (C=O) groups excluding carboxylic acids is 2. The van der Waals surface area contributed by atoms with Crippen molar-refractivity contribution in [1.29, 1.82) is 0 Å². The Kier molecular flexibility index (Phi) is 9.78. The summed E-state index contributed by atoms with van der Waals surface area (Å²) in [5.41, 5.74) is 0.887. The lowest BCUT2D eigenvalue weighted by molar-refractivity contribution is -0.139. The average Bonchev–Trinajstić information content (AvgIpc) is 2.97. The molecule has 0 heterocycles. The van der Waals surface area contributed by atoms with Crippen molar-refractivity contribution < 1.29 is 32.2 Å². The second-order valence-corrected chi connectivity index (χ2v) is 10.4. The number of nitrogens with one attached hydrogen (secondary N) is 1. The number of hydrogen-bond donors (Lipinski definition) is 1. The molecule has 0 bridgehead atoms. The molecule has 1 N–H and O–H groups in total. The first-order valence-corrected chi connectivity index (χ1v) is 13.5. The minimum Gasteiger partial charge on any atom is -0.497 e. The van der Waals surface area contributed by atoms with E-state index in [-0.39, 0.29) is 22.9 Å². The molecule has 3 aromatic carbocycles. The number of amides is 2. The van der Waals surface area contributed by atoms with Gasteiger partial charge in [-0.15, -0.1) is 0 Å². The summed E-state index contributed by atoms with van der Waals surface area (Å²) in [5, 5.41) is 2.56. The van der Waals surface area contributed by atoms with E-state index < -0.39 is 34.4 Å². The molecule has 1 unspecified atom stereocenters. The van der Waals surface area contributed by atoms with Gasteiger partial charge in [0.05, 0.1) is 31.9 Å². The monoisotopic (exact) mass is 555 g/mol. The smallest absolute Gasteiger partial charge is 0.264 e. The number of likely N-dealkylation sites (N-methyl/N-ethyl adjacent to an activating group) is 1. The highest BCUT2D eigenvalue weighted by Gasteiger charge is 2.33. The number of rotatable bonds is 12. The van der Waals surface area contributed by atoms with Crippen molar-refractivity contribution in [3.8, 4) is 17.2 Å². The first-order valence-electron chi connectivity index (χ1n) is 12.1. The van der Waals surface area contributed by atoms with Crippen LogP contribution >= 0.6 is 0 Å². The van der Waals surface area contributed by atoms with E-state index in [0.29, 0.717) is 17.1 Å². The first-order chi connectivity index (χ1) is 18.7. The zero-order chi connectivity index (χ0) is 28.6. The van der Waals surface area contributed by atoms with Gasteiger partial charge in [0.25, 0.3) is 10.0 Å². The van der Waals surface area contributed by atoms with Crippen LogP contribution in [0.5, 0.6) is 17.2 Å². The number of sulfonamides is 1. The number of methoxy groups -OCH3 is 3. The Morgan fingerprint density at radius 2 is 1.54 bits per heavy atom. The van der Waals surface area contributed by atoms with Crippen LogP contribution in [0.15, 0.2) is 77.7 Å². The number of para-hydroxylation sites is 2. The van der Waals surface area contributed by atoms with Crippen molar-refractivity contribution in [3.05, 3.63) is 78.4 Å². The normalized spacial score (nSPS) is 11.7. The highest BCUT2D eigenvalue weighted by Crippen LogP contribution is 2.33. The molecule has 1 atom stereocenters. The van der Waals surface area contributed by atoms with Crippen LogP contribution < -0.4 is 23.8 Å². The molecule has 10 nitrogen and oxygen atoms in total. The Balaban J connectivity index is 2.07. The number of nitrogens with zero attached hydrogens (tertiary/aromatic N) is 2. The Labute approximate surface area is 229 Å².